The molecular weight excluding hydrogens is 226 g/mol. The van der Waals surface area contributed by atoms with E-state index in [0.717, 1.165) is 13.1 Å². The summed E-state index contributed by atoms with van der Waals surface area (Å²) in [5, 5.41) is 17.7. The molecule has 0 aromatic rings. The maximum atomic E-state index is 8.86. The van der Waals surface area contributed by atoms with Crippen LogP contribution in [0.15, 0.2) is 0 Å². The van der Waals surface area contributed by atoms with Gasteiger partial charge in [-0.2, -0.15) is 0 Å². The van der Waals surface area contributed by atoms with Crippen LogP contribution in [-0.2, 0) is 0 Å². The Labute approximate surface area is 106 Å². The Kier molecular flexibility index (Phi) is 15.3. The molecule has 0 rings (SSSR count). The van der Waals surface area contributed by atoms with Crippen molar-refractivity contribution in [2.24, 2.45) is 0 Å². The lowest BCUT2D eigenvalue weighted by atomic mass is 10.1. The second-order valence-electron chi connectivity index (χ2n) is 4.31. The number of aliphatic hydroxyl groups excluding tert-OH is 1. The molecule has 0 fully saturated rings. The van der Waals surface area contributed by atoms with E-state index in [4.69, 9.17) is 10.2 Å². The second-order valence-corrected chi connectivity index (χ2v) is 4.31. The molecule has 0 heterocycles. The van der Waals surface area contributed by atoms with Gasteiger partial charge < -0.3 is 27.5 Å². The van der Waals surface area contributed by atoms with Crippen molar-refractivity contribution >= 4 is 0 Å². The van der Waals surface area contributed by atoms with E-state index in [-0.39, 0.29) is 12.4 Å². The quantitative estimate of drug-likeness (QED) is 0.300. The van der Waals surface area contributed by atoms with Gasteiger partial charge in [0.2, 0.25) is 6.29 Å². The monoisotopic (exact) mass is 253 g/mol. The number of likely N-dealkylation sites (N-methyl/N-ethyl adjacent to an activating group) is 1. The summed E-state index contributed by atoms with van der Waals surface area (Å²) in [7, 11) is 0. The van der Waals surface area contributed by atoms with Crippen LogP contribution in [0.5, 0.6) is 0 Å². The molecule has 0 saturated carbocycles. The van der Waals surface area contributed by atoms with Gasteiger partial charge in [-0.05, 0) is 19.8 Å². The lowest BCUT2D eigenvalue weighted by Crippen LogP contribution is -3.12. The van der Waals surface area contributed by atoms with Crippen LogP contribution in [0, 0.1) is 0 Å². The van der Waals surface area contributed by atoms with Crippen LogP contribution in [-0.4, -0.2) is 36.1 Å². The molecule has 3 nitrogen and oxygen atoms in total. The third-order valence-corrected chi connectivity index (χ3v) is 2.86. The van der Waals surface area contributed by atoms with E-state index in [0.29, 0.717) is 6.54 Å². The molecule has 16 heavy (non-hydrogen) atoms. The van der Waals surface area contributed by atoms with E-state index < -0.39 is 6.29 Å². The number of rotatable bonds is 10. The van der Waals surface area contributed by atoms with Gasteiger partial charge in [0.25, 0.3) is 0 Å². The fourth-order valence-electron chi connectivity index (χ4n) is 1.84. The minimum atomic E-state index is -1.15. The van der Waals surface area contributed by atoms with Crippen LogP contribution in [0.25, 0.3) is 0 Å². The van der Waals surface area contributed by atoms with E-state index in [1.165, 1.54) is 43.4 Å². The third kappa shape index (κ3) is 12.2. The minimum Gasteiger partial charge on any atom is -1.00 e. The van der Waals surface area contributed by atoms with E-state index in [1.807, 2.05) is 0 Å². The molecule has 0 aromatic heterocycles. The van der Waals surface area contributed by atoms with E-state index in [9.17, 15) is 0 Å². The largest absolute Gasteiger partial charge is 1.00 e. The molecule has 0 radical (unpaired) electrons. The standard InChI is InChI=1S/C12H27NO2.ClH/c1-3-5-6-7-8-9-10-13(4-2)11-12(14)15;/h12,14-15H,3-11H2,1-2H3;1H. The summed E-state index contributed by atoms with van der Waals surface area (Å²) < 4.78 is 0. The van der Waals surface area contributed by atoms with Crippen molar-refractivity contribution in [3.8, 4) is 0 Å². The Morgan fingerprint density at radius 3 is 2.00 bits per heavy atom. The number of unbranched alkanes of at least 4 members (excludes halogenated alkanes) is 5. The zero-order valence-corrected chi connectivity index (χ0v) is 11.5. The first-order valence-corrected chi connectivity index (χ1v) is 6.40. The Bertz CT molecular complexity index is 134. The summed E-state index contributed by atoms with van der Waals surface area (Å²) in [4.78, 5) is 1.29. The maximum Gasteiger partial charge on any atom is 0.202 e. The lowest BCUT2D eigenvalue weighted by Gasteiger charge is -2.18. The van der Waals surface area contributed by atoms with Crippen LogP contribution in [0.1, 0.15) is 52.4 Å². The molecule has 0 aromatic carbocycles. The number of hydrogen-bond donors (Lipinski definition) is 3. The predicted molar refractivity (Wildman–Crippen MR) is 62.8 cm³/mol. The number of hydrogen-bond acceptors (Lipinski definition) is 2. The zero-order valence-electron chi connectivity index (χ0n) is 10.7. The van der Waals surface area contributed by atoms with Gasteiger partial charge in [-0.1, -0.05) is 32.6 Å². The van der Waals surface area contributed by atoms with Crippen LogP contribution >= 0.6 is 0 Å². The van der Waals surface area contributed by atoms with Crippen molar-refractivity contribution in [2.75, 3.05) is 19.6 Å². The maximum absolute atomic E-state index is 8.86. The van der Waals surface area contributed by atoms with Crippen molar-refractivity contribution < 1.29 is 27.5 Å². The van der Waals surface area contributed by atoms with Gasteiger partial charge in [-0.3, -0.25) is 0 Å². The van der Waals surface area contributed by atoms with Gasteiger partial charge in [-0.25, -0.2) is 0 Å². The van der Waals surface area contributed by atoms with Crippen molar-refractivity contribution in [2.45, 2.75) is 58.7 Å². The van der Waals surface area contributed by atoms with Gasteiger partial charge in [0.1, 0.15) is 6.54 Å². The molecule has 1 unspecified atom stereocenters. The van der Waals surface area contributed by atoms with E-state index in [1.54, 1.807) is 0 Å². The third-order valence-electron chi connectivity index (χ3n) is 2.86. The summed E-state index contributed by atoms with van der Waals surface area (Å²) >= 11 is 0. The summed E-state index contributed by atoms with van der Waals surface area (Å²) in [6, 6.07) is 0. The fourth-order valence-corrected chi connectivity index (χ4v) is 1.84. The van der Waals surface area contributed by atoms with Crippen molar-refractivity contribution in [3.63, 3.8) is 0 Å². The summed E-state index contributed by atoms with van der Waals surface area (Å²) in [5.74, 6) is 0. The Morgan fingerprint density at radius 2 is 1.50 bits per heavy atom. The van der Waals surface area contributed by atoms with Gasteiger partial charge in [-0.15, -0.1) is 0 Å². The summed E-state index contributed by atoms with van der Waals surface area (Å²) in [6.45, 7) is 6.83. The van der Waals surface area contributed by atoms with Crippen molar-refractivity contribution in [1.82, 2.24) is 0 Å². The highest BCUT2D eigenvalue weighted by Gasteiger charge is 2.09. The lowest BCUT2D eigenvalue weighted by molar-refractivity contribution is -0.904. The molecule has 0 amide bonds. The Hall–Kier alpha value is 0.170. The topological polar surface area (TPSA) is 44.9 Å². The molecule has 0 aliphatic carbocycles. The minimum absolute atomic E-state index is 0. The van der Waals surface area contributed by atoms with Crippen LogP contribution in [0.2, 0.25) is 0 Å². The first kappa shape index (κ1) is 18.5. The Morgan fingerprint density at radius 1 is 0.938 bits per heavy atom. The molecular formula is C12H28ClNO2. The second kappa shape index (κ2) is 13.2. The van der Waals surface area contributed by atoms with Gasteiger partial charge in [0, 0.05) is 0 Å². The number of halogens is 1. The normalized spacial score (nSPS) is 12.6. The fraction of sp³-hybridized carbons (Fsp3) is 1.00. The Balaban J connectivity index is 0. The highest BCUT2D eigenvalue weighted by Crippen LogP contribution is 2.03. The summed E-state index contributed by atoms with van der Waals surface area (Å²) in [6.07, 6.45) is 6.65. The van der Waals surface area contributed by atoms with Crippen LogP contribution < -0.4 is 17.3 Å². The average Bonchev–Trinajstić information content (AvgIpc) is 2.20. The van der Waals surface area contributed by atoms with Crippen molar-refractivity contribution in [1.29, 1.82) is 0 Å². The first-order valence-electron chi connectivity index (χ1n) is 6.40. The first-order chi connectivity index (χ1) is 7.20. The smallest absolute Gasteiger partial charge is 0.202 e. The molecule has 0 saturated heterocycles. The number of nitrogens with one attached hydrogen (secondary N) is 1. The van der Waals surface area contributed by atoms with Crippen LogP contribution in [0.3, 0.4) is 0 Å². The average molecular weight is 254 g/mol. The molecule has 100 valence electrons. The number of quaternary nitrogens is 1. The molecule has 0 bridgehead atoms. The molecule has 4 heteroatoms. The molecule has 0 aliphatic rings. The van der Waals surface area contributed by atoms with E-state index in [2.05, 4.69) is 13.8 Å². The number of aliphatic hydroxyl groups is 2. The van der Waals surface area contributed by atoms with Crippen LogP contribution in [0.4, 0.5) is 0 Å². The molecule has 0 spiro atoms. The van der Waals surface area contributed by atoms with E-state index >= 15 is 0 Å². The highest BCUT2D eigenvalue weighted by atomic mass is 35.5. The van der Waals surface area contributed by atoms with Gasteiger partial charge >= 0.3 is 0 Å². The highest BCUT2D eigenvalue weighted by molar-refractivity contribution is 4.43. The molecule has 1 atom stereocenters. The van der Waals surface area contributed by atoms with Gasteiger partial charge in [0.15, 0.2) is 0 Å². The predicted octanol–water partition coefficient (Wildman–Crippen LogP) is -2.43. The molecule has 0 aliphatic heterocycles. The van der Waals surface area contributed by atoms with Gasteiger partial charge in [0.05, 0.1) is 13.1 Å². The zero-order chi connectivity index (χ0) is 11.5. The van der Waals surface area contributed by atoms with Crippen molar-refractivity contribution in [3.05, 3.63) is 0 Å². The summed E-state index contributed by atoms with van der Waals surface area (Å²) in [5.41, 5.74) is 0. The SMILES string of the molecule is CCCCCCCC[NH+](CC)CC(O)O.[Cl-]. The molecule has 3 N–H and O–H groups in total.